The summed E-state index contributed by atoms with van der Waals surface area (Å²) in [7, 11) is 0. The van der Waals surface area contributed by atoms with Gasteiger partial charge in [-0.1, -0.05) is 6.92 Å². The third-order valence-corrected chi connectivity index (χ3v) is 1.25. The third-order valence-electron chi connectivity index (χ3n) is 1.25. The molecule has 0 unspecified atom stereocenters. The highest BCUT2D eigenvalue weighted by molar-refractivity contribution is 4.54. The lowest BCUT2D eigenvalue weighted by Gasteiger charge is -2.17. The predicted molar refractivity (Wildman–Crippen MR) is 52.4 cm³/mol. The molecule has 0 aliphatic heterocycles. The van der Waals surface area contributed by atoms with Gasteiger partial charge in [-0.15, -0.1) is 0 Å². The van der Waals surface area contributed by atoms with Crippen LogP contribution in [0.1, 0.15) is 6.92 Å². The van der Waals surface area contributed by atoms with Crippen molar-refractivity contribution in [2.45, 2.75) is 6.92 Å². The number of hydrogen-bond acceptors (Lipinski definition) is 5. The van der Waals surface area contributed by atoms with Gasteiger partial charge < -0.3 is 21.1 Å². The summed E-state index contributed by atoms with van der Waals surface area (Å²) in [4.78, 5) is 1.79. The average Bonchev–Trinajstić information content (AvgIpc) is 2.07. The third kappa shape index (κ3) is 14.6. The van der Waals surface area contributed by atoms with Crippen LogP contribution in [0.5, 0.6) is 0 Å². The molecule has 5 nitrogen and oxygen atoms in total. The van der Waals surface area contributed by atoms with Gasteiger partial charge in [-0.3, -0.25) is 4.90 Å². The zero-order valence-electron chi connectivity index (χ0n) is 8.32. The van der Waals surface area contributed by atoms with E-state index in [1.165, 1.54) is 0 Å². The molecule has 0 spiro atoms. The molecule has 0 bridgehead atoms. The van der Waals surface area contributed by atoms with Crippen LogP contribution >= 0.6 is 0 Å². The summed E-state index contributed by atoms with van der Waals surface area (Å²) in [5.74, 6) is 0. The molecule has 0 aromatic heterocycles. The number of hydrogen-bond donors (Lipinski definition) is 4. The molecular formula is C8H22N2O3. The van der Waals surface area contributed by atoms with Gasteiger partial charge in [0.2, 0.25) is 0 Å². The minimum absolute atomic E-state index is 0.0694. The largest absolute Gasteiger partial charge is 0.395 e. The Morgan fingerprint density at radius 1 is 0.923 bits per heavy atom. The van der Waals surface area contributed by atoms with Crippen LogP contribution < -0.4 is 5.73 Å². The van der Waals surface area contributed by atoms with Crippen molar-refractivity contribution in [1.29, 1.82) is 0 Å². The van der Waals surface area contributed by atoms with Gasteiger partial charge in [-0.25, -0.2) is 0 Å². The SMILES string of the molecule is CCN.OCCN(CCO)CCO. The van der Waals surface area contributed by atoms with E-state index in [4.69, 9.17) is 21.1 Å². The minimum atomic E-state index is 0.0694. The maximum absolute atomic E-state index is 8.48. The van der Waals surface area contributed by atoms with Crippen molar-refractivity contribution in [3.8, 4) is 0 Å². The summed E-state index contributed by atoms with van der Waals surface area (Å²) in [6.07, 6.45) is 0. The Kier molecular flexibility index (Phi) is 16.8. The normalized spacial score (nSPS) is 9.69. The first-order valence-electron chi connectivity index (χ1n) is 4.51. The Morgan fingerprint density at radius 2 is 1.15 bits per heavy atom. The van der Waals surface area contributed by atoms with Gasteiger partial charge in [-0.05, 0) is 6.54 Å². The quantitative estimate of drug-likeness (QED) is 0.402. The lowest BCUT2D eigenvalue weighted by atomic mass is 10.4. The summed E-state index contributed by atoms with van der Waals surface area (Å²) in [5.41, 5.74) is 4.85. The lowest BCUT2D eigenvalue weighted by molar-refractivity contribution is 0.136. The zero-order chi connectivity index (χ0) is 10.5. The predicted octanol–water partition coefficient (Wildman–Crippen LogP) is -1.77. The van der Waals surface area contributed by atoms with Gasteiger partial charge >= 0.3 is 0 Å². The summed E-state index contributed by atoms with van der Waals surface area (Å²) in [5, 5.41) is 25.5. The van der Waals surface area contributed by atoms with E-state index < -0.39 is 0 Å². The smallest absolute Gasteiger partial charge is 0.0558 e. The second-order valence-corrected chi connectivity index (χ2v) is 2.42. The summed E-state index contributed by atoms with van der Waals surface area (Å²) >= 11 is 0. The van der Waals surface area contributed by atoms with E-state index in [1.807, 2.05) is 6.92 Å². The molecule has 13 heavy (non-hydrogen) atoms. The highest BCUT2D eigenvalue weighted by Gasteiger charge is 2.00. The monoisotopic (exact) mass is 194 g/mol. The van der Waals surface area contributed by atoms with Gasteiger partial charge in [-0.2, -0.15) is 0 Å². The van der Waals surface area contributed by atoms with Crippen molar-refractivity contribution in [3.63, 3.8) is 0 Å². The molecule has 5 N–H and O–H groups in total. The molecule has 0 amide bonds. The fraction of sp³-hybridized carbons (Fsp3) is 1.00. The Balaban J connectivity index is 0. The van der Waals surface area contributed by atoms with Gasteiger partial charge in [0.15, 0.2) is 0 Å². The fourth-order valence-corrected chi connectivity index (χ4v) is 0.760. The van der Waals surface area contributed by atoms with Crippen LogP contribution in [-0.4, -0.2) is 66.2 Å². The van der Waals surface area contributed by atoms with Crippen LogP contribution in [0.25, 0.3) is 0 Å². The van der Waals surface area contributed by atoms with Crippen LogP contribution in [0.2, 0.25) is 0 Å². The van der Waals surface area contributed by atoms with Crippen LogP contribution in [-0.2, 0) is 0 Å². The highest BCUT2D eigenvalue weighted by atomic mass is 16.3. The Bertz CT molecular complexity index is 69.5. The first-order valence-corrected chi connectivity index (χ1v) is 4.51. The standard InChI is InChI=1S/C6H15NO3.C2H7N/c8-4-1-7(2-5-9)3-6-10;1-2-3/h8-10H,1-6H2;2-3H2,1H3. The molecular weight excluding hydrogens is 172 g/mol. The molecule has 0 heterocycles. The van der Waals surface area contributed by atoms with Crippen molar-refractivity contribution >= 4 is 0 Å². The second-order valence-electron chi connectivity index (χ2n) is 2.42. The van der Waals surface area contributed by atoms with E-state index in [-0.39, 0.29) is 19.8 Å². The maximum Gasteiger partial charge on any atom is 0.0558 e. The molecule has 0 aliphatic rings. The van der Waals surface area contributed by atoms with Crippen LogP contribution in [0.15, 0.2) is 0 Å². The van der Waals surface area contributed by atoms with Crippen molar-refractivity contribution < 1.29 is 15.3 Å². The Hall–Kier alpha value is -0.200. The van der Waals surface area contributed by atoms with Gasteiger partial charge in [0.1, 0.15) is 0 Å². The van der Waals surface area contributed by atoms with Crippen molar-refractivity contribution in [3.05, 3.63) is 0 Å². The average molecular weight is 194 g/mol. The first kappa shape index (κ1) is 15.3. The minimum Gasteiger partial charge on any atom is -0.395 e. The number of aliphatic hydroxyl groups excluding tert-OH is 3. The molecule has 0 aromatic rings. The highest BCUT2D eigenvalue weighted by Crippen LogP contribution is 1.84. The number of rotatable bonds is 6. The van der Waals surface area contributed by atoms with Gasteiger partial charge in [0, 0.05) is 19.6 Å². The van der Waals surface area contributed by atoms with E-state index in [1.54, 1.807) is 4.90 Å². The molecule has 0 radical (unpaired) electrons. The number of nitrogens with two attached hydrogens (primary N) is 1. The molecule has 0 rings (SSSR count). The van der Waals surface area contributed by atoms with Gasteiger partial charge in [0.05, 0.1) is 19.8 Å². The Labute approximate surface area is 79.8 Å². The molecule has 0 aliphatic carbocycles. The molecule has 0 saturated heterocycles. The van der Waals surface area contributed by atoms with Crippen LogP contribution in [0.4, 0.5) is 0 Å². The lowest BCUT2D eigenvalue weighted by Crippen LogP contribution is -2.32. The van der Waals surface area contributed by atoms with Gasteiger partial charge in [0.25, 0.3) is 0 Å². The van der Waals surface area contributed by atoms with Crippen molar-refractivity contribution in [2.75, 3.05) is 46.0 Å². The molecule has 5 heteroatoms. The molecule has 0 saturated carbocycles. The first-order chi connectivity index (χ1) is 6.26. The summed E-state index contributed by atoms with van der Waals surface area (Å²) in [6, 6.07) is 0. The zero-order valence-corrected chi connectivity index (χ0v) is 8.32. The maximum atomic E-state index is 8.48. The van der Waals surface area contributed by atoms with Crippen molar-refractivity contribution in [2.24, 2.45) is 5.73 Å². The van der Waals surface area contributed by atoms with E-state index in [0.717, 1.165) is 6.54 Å². The molecule has 0 aromatic carbocycles. The summed E-state index contributed by atoms with van der Waals surface area (Å²) in [6.45, 7) is 4.41. The van der Waals surface area contributed by atoms with Crippen LogP contribution in [0, 0.1) is 0 Å². The second kappa shape index (κ2) is 14.3. The number of aliphatic hydroxyl groups is 3. The van der Waals surface area contributed by atoms with Crippen molar-refractivity contribution in [1.82, 2.24) is 4.90 Å². The molecule has 0 atom stereocenters. The summed E-state index contributed by atoms with van der Waals surface area (Å²) < 4.78 is 0. The van der Waals surface area contributed by atoms with E-state index in [0.29, 0.717) is 19.6 Å². The number of nitrogens with zero attached hydrogens (tertiary/aromatic N) is 1. The topological polar surface area (TPSA) is 90.0 Å². The Morgan fingerprint density at radius 3 is 1.31 bits per heavy atom. The van der Waals surface area contributed by atoms with E-state index in [9.17, 15) is 0 Å². The van der Waals surface area contributed by atoms with E-state index >= 15 is 0 Å². The van der Waals surface area contributed by atoms with Crippen LogP contribution in [0.3, 0.4) is 0 Å². The fourth-order valence-electron chi connectivity index (χ4n) is 0.760. The molecule has 0 fully saturated rings. The molecule has 82 valence electrons. The van der Waals surface area contributed by atoms with E-state index in [2.05, 4.69) is 0 Å².